The molecule has 2 aromatic heterocycles. The lowest BCUT2D eigenvalue weighted by Crippen LogP contribution is -2.20. The molecule has 0 saturated heterocycles. The third-order valence-electron chi connectivity index (χ3n) is 4.45. The Hall–Kier alpha value is -4.01. The van der Waals surface area contributed by atoms with Gasteiger partial charge in [0.15, 0.2) is 18.2 Å². The molecule has 0 unspecified atom stereocenters. The van der Waals surface area contributed by atoms with Crippen LogP contribution < -0.4 is 5.32 Å². The Morgan fingerprint density at radius 1 is 1.10 bits per heavy atom. The zero-order valence-electron chi connectivity index (χ0n) is 16.3. The molecule has 9 heteroatoms. The molecule has 152 valence electrons. The lowest BCUT2D eigenvalue weighted by atomic mass is 10.1. The molecule has 8 nitrogen and oxygen atoms in total. The van der Waals surface area contributed by atoms with E-state index in [2.05, 4.69) is 20.5 Å². The minimum absolute atomic E-state index is 0.121. The number of halogens is 1. The third kappa shape index (κ3) is 3.90. The van der Waals surface area contributed by atoms with Gasteiger partial charge in [0.05, 0.1) is 11.3 Å². The van der Waals surface area contributed by atoms with Crippen LogP contribution in [0.25, 0.3) is 17.0 Å². The van der Waals surface area contributed by atoms with E-state index in [0.717, 1.165) is 5.56 Å². The molecule has 0 aliphatic rings. The van der Waals surface area contributed by atoms with Gasteiger partial charge in [0.2, 0.25) is 5.65 Å². The largest absolute Gasteiger partial charge is 0.452 e. The second-order valence-electron chi connectivity index (χ2n) is 6.79. The fourth-order valence-electron chi connectivity index (χ4n) is 2.83. The number of aryl methyl sites for hydroxylation is 2. The first-order valence-electron chi connectivity index (χ1n) is 9.15. The van der Waals surface area contributed by atoms with Crippen molar-refractivity contribution >= 4 is 23.2 Å². The SMILES string of the molecule is Cc1ccc(C(=O)OCC(=O)Nc2ccc(-c3nc4c(F)c(C)[nH]n4n3)cc2)cc1. The Labute approximate surface area is 170 Å². The van der Waals surface area contributed by atoms with Crippen molar-refractivity contribution in [3.05, 3.63) is 71.2 Å². The average molecular weight is 407 g/mol. The van der Waals surface area contributed by atoms with Gasteiger partial charge in [-0.05, 0) is 50.2 Å². The first-order chi connectivity index (χ1) is 14.4. The molecule has 4 aromatic rings. The first-order valence-corrected chi connectivity index (χ1v) is 9.15. The van der Waals surface area contributed by atoms with E-state index < -0.39 is 24.3 Å². The molecule has 0 atom stereocenters. The van der Waals surface area contributed by atoms with Crippen LogP contribution in [0.1, 0.15) is 21.6 Å². The summed E-state index contributed by atoms with van der Waals surface area (Å²) >= 11 is 0. The quantitative estimate of drug-likeness (QED) is 0.495. The number of benzene rings is 2. The number of anilines is 1. The highest BCUT2D eigenvalue weighted by Gasteiger charge is 2.15. The van der Waals surface area contributed by atoms with Gasteiger partial charge in [-0.2, -0.15) is 4.63 Å². The minimum atomic E-state index is -0.565. The van der Waals surface area contributed by atoms with Crippen LogP contribution in [0.4, 0.5) is 10.1 Å². The number of H-pyrrole nitrogens is 1. The lowest BCUT2D eigenvalue weighted by Gasteiger charge is -2.07. The summed E-state index contributed by atoms with van der Waals surface area (Å²) < 4.78 is 20.2. The Morgan fingerprint density at radius 2 is 1.80 bits per heavy atom. The van der Waals surface area contributed by atoms with Crippen LogP contribution in [-0.2, 0) is 9.53 Å². The van der Waals surface area contributed by atoms with E-state index in [-0.39, 0.29) is 5.65 Å². The predicted molar refractivity (Wildman–Crippen MR) is 108 cm³/mol. The highest BCUT2D eigenvalue weighted by molar-refractivity contribution is 5.95. The minimum Gasteiger partial charge on any atom is -0.452 e. The van der Waals surface area contributed by atoms with Gasteiger partial charge in [-0.3, -0.25) is 9.89 Å². The number of esters is 1. The number of carbonyl (C=O) groups excluding carboxylic acids is 2. The van der Waals surface area contributed by atoms with Gasteiger partial charge >= 0.3 is 5.97 Å². The van der Waals surface area contributed by atoms with Crippen molar-refractivity contribution in [1.29, 1.82) is 0 Å². The summed E-state index contributed by atoms with van der Waals surface area (Å²) in [5.74, 6) is -1.12. The fourth-order valence-corrected chi connectivity index (χ4v) is 2.83. The fraction of sp³-hybridized carbons (Fsp3) is 0.143. The van der Waals surface area contributed by atoms with E-state index in [1.165, 1.54) is 4.63 Å². The second-order valence-corrected chi connectivity index (χ2v) is 6.79. The Morgan fingerprint density at radius 3 is 2.47 bits per heavy atom. The molecule has 0 bridgehead atoms. The van der Waals surface area contributed by atoms with Crippen LogP contribution >= 0.6 is 0 Å². The molecule has 0 spiro atoms. The summed E-state index contributed by atoms with van der Waals surface area (Å²) in [6.07, 6.45) is 0. The smallest absolute Gasteiger partial charge is 0.338 e. The topological polar surface area (TPSA) is 101 Å². The van der Waals surface area contributed by atoms with Gasteiger partial charge in [0.1, 0.15) is 0 Å². The van der Waals surface area contributed by atoms with Crippen molar-refractivity contribution in [2.24, 2.45) is 0 Å². The number of hydrogen-bond donors (Lipinski definition) is 2. The molecular formula is C21H18FN5O3. The first kappa shape index (κ1) is 19.3. The second kappa shape index (κ2) is 7.78. The molecule has 0 radical (unpaired) electrons. The molecule has 0 saturated carbocycles. The van der Waals surface area contributed by atoms with Gasteiger partial charge in [0, 0.05) is 11.3 Å². The normalized spacial score (nSPS) is 10.9. The molecule has 1 amide bonds. The monoisotopic (exact) mass is 407 g/mol. The summed E-state index contributed by atoms with van der Waals surface area (Å²) in [7, 11) is 0. The van der Waals surface area contributed by atoms with Crippen LogP contribution in [0.3, 0.4) is 0 Å². The van der Waals surface area contributed by atoms with E-state index >= 15 is 0 Å². The summed E-state index contributed by atoms with van der Waals surface area (Å²) in [5.41, 5.74) is 3.06. The zero-order valence-corrected chi connectivity index (χ0v) is 16.3. The molecule has 0 aliphatic heterocycles. The molecule has 2 heterocycles. The number of aromatic amines is 1. The van der Waals surface area contributed by atoms with Crippen LogP contribution in [0, 0.1) is 19.7 Å². The van der Waals surface area contributed by atoms with Crippen LogP contribution in [-0.4, -0.2) is 38.3 Å². The highest BCUT2D eigenvalue weighted by atomic mass is 19.1. The number of amides is 1. The summed E-state index contributed by atoms with van der Waals surface area (Å²) in [6, 6.07) is 13.6. The van der Waals surface area contributed by atoms with Gasteiger partial charge in [-0.25, -0.2) is 14.2 Å². The number of fused-ring (bicyclic) bond motifs is 1. The van der Waals surface area contributed by atoms with Gasteiger partial charge in [-0.1, -0.05) is 17.7 Å². The third-order valence-corrected chi connectivity index (χ3v) is 4.45. The number of rotatable bonds is 5. The number of carbonyl (C=O) groups is 2. The predicted octanol–water partition coefficient (Wildman–Crippen LogP) is 3.28. The van der Waals surface area contributed by atoms with E-state index in [1.54, 1.807) is 55.5 Å². The highest BCUT2D eigenvalue weighted by Crippen LogP contribution is 2.20. The van der Waals surface area contributed by atoms with Crippen molar-refractivity contribution in [2.45, 2.75) is 13.8 Å². The van der Waals surface area contributed by atoms with Crippen LogP contribution in [0.15, 0.2) is 48.5 Å². The lowest BCUT2D eigenvalue weighted by molar-refractivity contribution is -0.119. The molecule has 0 aliphatic carbocycles. The van der Waals surface area contributed by atoms with Crippen LogP contribution in [0.5, 0.6) is 0 Å². The van der Waals surface area contributed by atoms with Crippen molar-refractivity contribution in [2.75, 3.05) is 11.9 Å². The Kier molecular flexibility index (Phi) is 5.01. The summed E-state index contributed by atoms with van der Waals surface area (Å²) in [5, 5.41) is 9.61. The molecule has 30 heavy (non-hydrogen) atoms. The van der Waals surface area contributed by atoms with Crippen molar-refractivity contribution in [3.8, 4) is 11.4 Å². The van der Waals surface area contributed by atoms with E-state index in [0.29, 0.717) is 28.3 Å². The number of nitrogens with one attached hydrogen (secondary N) is 2. The van der Waals surface area contributed by atoms with Crippen LogP contribution in [0.2, 0.25) is 0 Å². The van der Waals surface area contributed by atoms with E-state index in [4.69, 9.17) is 4.74 Å². The average Bonchev–Trinajstić information content (AvgIpc) is 3.26. The summed E-state index contributed by atoms with van der Waals surface area (Å²) in [4.78, 5) is 28.2. The molecule has 4 rings (SSSR count). The standard InChI is InChI=1S/C21H18FN5O3/c1-12-3-5-15(6-4-12)21(29)30-11-17(28)23-16-9-7-14(8-10-16)19-24-20-18(22)13(2)25-27(20)26-19/h3-10,25H,11H2,1-2H3,(H,23,28). The van der Waals surface area contributed by atoms with Crippen molar-refractivity contribution < 1.29 is 18.7 Å². The zero-order chi connectivity index (χ0) is 21.3. The maximum atomic E-state index is 13.9. The Bertz CT molecular complexity index is 1230. The van der Waals surface area contributed by atoms with Crippen molar-refractivity contribution in [1.82, 2.24) is 19.8 Å². The number of hydrogen-bond acceptors (Lipinski definition) is 5. The van der Waals surface area contributed by atoms with Gasteiger partial charge in [-0.15, -0.1) is 5.10 Å². The van der Waals surface area contributed by atoms with Gasteiger partial charge in [0.25, 0.3) is 5.91 Å². The maximum absolute atomic E-state index is 13.9. The van der Waals surface area contributed by atoms with E-state index in [9.17, 15) is 14.0 Å². The number of nitrogens with zero attached hydrogens (tertiary/aromatic N) is 3. The molecule has 2 N–H and O–H groups in total. The summed E-state index contributed by atoms with van der Waals surface area (Å²) in [6.45, 7) is 3.11. The van der Waals surface area contributed by atoms with Gasteiger partial charge < -0.3 is 10.1 Å². The Balaban J connectivity index is 1.36. The van der Waals surface area contributed by atoms with Crippen molar-refractivity contribution in [3.63, 3.8) is 0 Å². The van der Waals surface area contributed by atoms with E-state index in [1.807, 2.05) is 6.92 Å². The maximum Gasteiger partial charge on any atom is 0.338 e. The number of ether oxygens (including phenoxy) is 1. The molecule has 2 aromatic carbocycles. The molecular weight excluding hydrogens is 389 g/mol. The number of aromatic nitrogens is 4. The molecule has 0 fully saturated rings.